The monoisotopic (exact) mass is 387 g/mol. The molecule has 0 atom stereocenters. The molecule has 0 saturated heterocycles. The Balaban J connectivity index is 1.74. The molecular formula is C20H25N3O3S. The highest BCUT2D eigenvalue weighted by Crippen LogP contribution is 2.28. The van der Waals surface area contributed by atoms with Crippen LogP contribution in [0.3, 0.4) is 0 Å². The minimum Gasteiger partial charge on any atom is -0.395 e. The van der Waals surface area contributed by atoms with Gasteiger partial charge in [0.25, 0.3) is 0 Å². The molecule has 0 saturated carbocycles. The molecule has 0 spiro atoms. The number of benzene rings is 1. The maximum Gasteiger partial charge on any atom is 0.348 e. The van der Waals surface area contributed by atoms with Crippen LogP contribution in [0.25, 0.3) is 0 Å². The number of aliphatic hydroxyl groups excluding tert-OH is 1. The number of anilines is 1. The van der Waals surface area contributed by atoms with Crippen LogP contribution in [-0.4, -0.2) is 32.9 Å². The summed E-state index contributed by atoms with van der Waals surface area (Å²) in [4.78, 5) is 28.9. The van der Waals surface area contributed by atoms with Crippen LogP contribution in [0.5, 0.6) is 0 Å². The Morgan fingerprint density at radius 2 is 1.93 bits per heavy atom. The molecule has 1 aromatic heterocycles. The average molecular weight is 388 g/mol. The van der Waals surface area contributed by atoms with Gasteiger partial charge in [0.1, 0.15) is 5.03 Å². The number of aromatic nitrogens is 2. The van der Waals surface area contributed by atoms with E-state index in [1.807, 2.05) is 26.0 Å². The summed E-state index contributed by atoms with van der Waals surface area (Å²) in [6.45, 7) is 4.18. The predicted molar refractivity (Wildman–Crippen MR) is 107 cm³/mol. The first-order valence-electron chi connectivity index (χ1n) is 9.22. The summed E-state index contributed by atoms with van der Waals surface area (Å²) in [7, 11) is 0. The van der Waals surface area contributed by atoms with E-state index in [0.717, 1.165) is 53.8 Å². The van der Waals surface area contributed by atoms with Crippen LogP contribution in [0.1, 0.15) is 35.2 Å². The molecule has 2 aromatic rings. The number of aryl methyl sites for hydroxylation is 2. The lowest BCUT2D eigenvalue weighted by Crippen LogP contribution is -2.31. The number of nitrogens with zero attached hydrogens (tertiary/aromatic N) is 2. The Labute approximate surface area is 163 Å². The SMILES string of the molecule is Cc1cc(C)cc(NC(=O)CSc2nc(=O)n(CCO)c3c2CCCC3)c1. The lowest BCUT2D eigenvalue weighted by atomic mass is 9.97. The van der Waals surface area contributed by atoms with E-state index >= 15 is 0 Å². The molecule has 2 N–H and O–H groups in total. The molecule has 0 bridgehead atoms. The smallest absolute Gasteiger partial charge is 0.348 e. The van der Waals surface area contributed by atoms with Crippen LogP contribution >= 0.6 is 11.8 Å². The van der Waals surface area contributed by atoms with Crippen molar-refractivity contribution in [3.8, 4) is 0 Å². The minimum absolute atomic E-state index is 0.0845. The highest BCUT2D eigenvalue weighted by atomic mass is 32.2. The third-order valence-corrected chi connectivity index (χ3v) is 5.64. The Hall–Kier alpha value is -2.12. The third kappa shape index (κ3) is 4.78. The molecule has 27 heavy (non-hydrogen) atoms. The number of hydrogen-bond donors (Lipinski definition) is 2. The zero-order valence-electron chi connectivity index (χ0n) is 15.7. The molecule has 0 aliphatic heterocycles. The van der Waals surface area contributed by atoms with E-state index in [9.17, 15) is 14.7 Å². The van der Waals surface area contributed by atoms with Crippen molar-refractivity contribution in [1.29, 1.82) is 0 Å². The molecule has 1 heterocycles. The van der Waals surface area contributed by atoms with Crippen LogP contribution in [0.15, 0.2) is 28.0 Å². The molecule has 0 fully saturated rings. The fraction of sp³-hybridized carbons (Fsp3) is 0.450. The quantitative estimate of drug-likeness (QED) is 0.588. The number of rotatable bonds is 6. The first kappa shape index (κ1) is 19.6. The van der Waals surface area contributed by atoms with Gasteiger partial charge in [0, 0.05) is 16.9 Å². The number of thioether (sulfide) groups is 1. The first-order chi connectivity index (χ1) is 13.0. The topological polar surface area (TPSA) is 84.2 Å². The summed E-state index contributed by atoms with van der Waals surface area (Å²) in [5.41, 5.74) is 4.65. The van der Waals surface area contributed by atoms with E-state index in [1.54, 1.807) is 4.57 Å². The summed E-state index contributed by atoms with van der Waals surface area (Å²) < 4.78 is 1.58. The van der Waals surface area contributed by atoms with Gasteiger partial charge < -0.3 is 10.4 Å². The normalized spacial score (nSPS) is 13.3. The molecule has 7 heteroatoms. The standard InChI is InChI=1S/C20H25N3O3S/c1-13-9-14(2)11-15(10-13)21-18(25)12-27-19-16-5-3-4-6-17(16)23(7-8-24)20(26)22-19/h9-11,24H,3-8,12H2,1-2H3,(H,21,25). The molecule has 1 aliphatic carbocycles. The van der Waals surface area contributed by atoms with Crippen molar-refractivity contribution < 1.29 is 9.90 Å². The van der Waals surface area contributed by atoms with Crippen molar-refractivity contribution in [2.24, 2.45) is 0 Å². The predicted octanol–water partition coefficient (Wildman–Crippen LogP) is 2.46. The van der Waals surface area contributed by atoms with Crippen molar-refractivity contribution in [3.05, 3.63) is 51.1 Å². The molecule has 6 nitrogen and oxygen atoms in total. The summed E-state index contributed by atoms with van der Waals surface area (Å²) in [5, 5.41) is 12.8. The fourth-order valence-electron chi connectivity index (χ4n) is 3.58. The zero-order valence-corrected chi connectivity index (χ0v) is 16.6. The molecule has 144 valence electrons. The van der Waals surface area contributed by atoms with Crippen LogP contribution in [-0.2, 0) is 24.2 Å². The van der Waals surface area contributed by atoms with Gasteiger partial charge in [-0.15, -0.1) is 0 Å². The third-order valence-electron chi connectivity index (χ3n) is 4.62. The summed E-state index contributed by atoms with van der Waals surface area (Å²) >= 11 is 1.31. The van der Waals surface area contributed by atoms with Gasteiger partial charge in [-0.2, -0.15) is 4.98 Å². The summed E-state index contributed by atoms with van der Waals surface area (Å²) in [5.74, 6) is 0.0893. The Bertz CT molecular complexity index is 888. The lowest BCUT2D eigenvalue weighted by Gasteiger charge is -2.22. The van der Waals surface area contributed by atoms with Crippen LogP contribution < -0.4 is 11.0 Å². The number of carbonyl (C=O) groups excluding carboxylic acids is 1. The number of amides is 1. The molecule has 0 radical (unpaired) electrons. The van der Waals surface area contributed by atoms with Gasteiger partial charge in [-0.05, 0) is 62.8 Å². The second-order valence-corrected chi connectivity index (χ2v) is 7.88. The van der Waals surface area contributed by atoms with Gasteiger partial charge in [-0.1, -0.05) is 17.8 Å². The fourth-order valence-corrected chi connectivity index (χ4v) is 4.45. The number of aliphatic hydroxyl groups is 1. The number of fused-ring (bicyclic) bond motifs is 1. The van der Waals surface area contributed by atoms with E-state index in [4.69, 9.17) is 0 Å². The minimum atomic E-state index is -0.345. The van der Waals surface area contributed by atoms with Crippen LogP contribution in [0.4, 0.5) is 5.69 Å². The van der Waals surface area contributed by atoms with Gasteiger partial charge in [0.15, 0.2) is 0 Å². The van der Waals surface area contributed by atoms with Crippen molar-refractivity contribution in [2.75, 3.05) is 17.7 Å². The second-order valence-electron chi connectivity index (χ2n) is 6.92. The van der Waals surface area contributed by atoms with Crippen LogP contribution in [0, 0.1) is 13.8 Å². The van der Waals surface area contributed by atoms with E-state index in [-0.39, 0.29) is 30.5 Å². The van der Waals surface area contributed by atoms with Gasteiger partial charge in [0.05, 0.1) is 18.9 Å². The highest BCUT2D eigenvalue weighted by Gasteiger charge is 2.20. The van der Waals surface area contributed by atoms with E-state index in [1.165, 1.54) is 11.8 Å². The average Bonchev–Trinajstić information content (AvgIpc) is 2.61. The molecule has 1 aliphatic rings. The Kier molecular flexibility index (Phi) is 6.34. The molecule has 1 aromatic carbocycles. The first-order valence-corrected chi connectivity index (χ1v) is 10.2. The van der Waals surface area contributed by atoms with E-state index in [0.29, 0.717) is 5.03 Å². The second kappa shape index (κ2) is 8.71. The maximum absolute atomic E-state index is 12.4. The van der Waals surface area contributed by atoms with Gasteiger partial charge in [0.2, 0.25) is 5.91 Å². The van der Waals surface area contributed by atoms with E-state index < -0.39 is 0 Å². The summed E-state index contributed by atoms with van der Waals surface area (Å²) in [6.07, 6.45) is 3.75. The number of carbonyl (C=O) groups is 1. The van der Waals surface area contributed by atoms with Crippen LogP contribution in [0.2, 0.25) is 0 Å². The zero-order chi connectivity index (χ0) is 19.4. The lowest BCUT2D eigenvalue weighted by molar-refractivity contribution is -0.113. The van der Waals surface area contributed by atoms with Gasteiger partial charge in [-0.3, -0.25) is 9.36 Å². The van der Waals surface area contributed by atoms with Crippen molar-refractivity contribution in [3.63, 3.8) is 0 Å². The number of nitrogens with one attached hydrogen (secondary N) is 1. The maximum atomic E-state index is 12.4. The molecule has 0 unspecified atom stereocenters. The number of hydrogen-bond acceptors (Lipinski definition) is 5. The Morgan fingerprint density at radius 1 is 1.22 bits per heavy atom. The van der Waals surface area contributed by atoms with Crippen molar-refractivity contribution in [2.45, 2.75) is 51.1 Å². The molecule has 1 amide bonds. The largest absolute Gasteiger partial charge is 0.395 e. The molecular weight excluding hydrogens is 362 g/mol. The van der Waals surface area contributed by atoms with Gasteiger partial charge in [-0.25, -0.2) is 4.79 Å². The van der Waals surface area contributed by atoms with E-state index in [2.05, 4.69) is 16.4 Å². The molecule has 3 rings (SSSR count). The van der Waals surface area contributed by atoms with Gasteiger partial charge >= 0.3 is 5.69 Å². The highest BCUT2D eigenvalue weighted by molar-refractivity contribution is 8.00. The summed E-state index contributed by atoms with van der Waals surface area (Å²) in [6, 6.07) is 5.93. The van der Waals surface area contributed by atoms with Crippen molar-refractivity contribution >= 4 is 23.4 Å². The Morgan fingerprint density at radius 3 is 2.63 bits per heavy atom. The van der Waals surface area contributed by atoms with Crippen molar-refractivity contribution in [1.82, 2.24) is 9.55 Å².